The van der Waals surface area contributed by atoms with Crippen LogP contribution in [0.25, 0.3) is 0 Å². The van der Waals surface area contributed by atoms with Gasteiger partial charge in [-0.25, -0.2) is 4.98 Å². The first-order chi connectivity index (χ1) is 11.6. The molecule has 0 aliphatic carbocycles. The van der Waals surface area contributed by atoms with Crippen LogP contribution >= 0.6 is 11.8 Å². The van der Waals surface area contributed by atoms with Gasteiger partial charge in [-0.3, -0.25) is 4.79 Å². The van der Waals surface area contributed by atoms with E-state index in [1.54, 1.807) is 0 Å². The van der Waals surface area contributed by atoms with Gasteiger partial charge in [-0.05, 0) is 30.2 Å². The largest absolute Gasteiger partial charge is 0.383 e. The standard InChI is InChI=1S/C17H15N5OS/c1-2-11-3-5-14(6-4-11)21-15(23)10-24-17-13(9-19)7-12(8-18)16(20)22-17/h3-7H,2,10H2,1H3,(H2,20,22)(H,21,23). The van der Waals surface area contributed by atoms with Gasteiger partial charge in [-0.1, -0.05) is 30.8 Å². The Balaban J connectivity index is 2.02. The molecule has 3 N–H and O–H groups in total. The lowest BCUT2D eigenvalue weighted by Gasteiger charge is -2.07. The maximum atomic E-state index is 12.0. The summed E-state index contributed by atoms with van der Waals surface area (Å²) < 4.78 is 0. The van der Waals surface area contributed by atoms with Gasteiger partial charge in [0.25, 0.3) is 0 Å². The number of aryl methyl sites for hydroxylation is 1. The van der Waals surface area contributed by atoms with Crippen LogP contribution in [0.15, 0.2) is 35.4 Å². The molecule has 6 nitrogen and oxygen atoms in total. The summed E-state index contributed by atoms with van der Waals surface area (Å²) in [5.74, 6) is -0.0739. The Morgan fingerprint density at radius 3 is 2.50 bits per heavy atom. The lowest BCUT2D eigenvalue weighted by atomic mass is 10.1. The molecule has 0 radical (unpaired) electrons. The Bertz CT molecular complexity index is 834. The monoisotopic (exact) mass is 337 g/mol. The van der Waals surface area contributed by atoms with Crippen LogP contribution in [0.1, 0.15) is 23.6 Å². The fourth-order valence-corrected chi connectivity index (χ4v) is 2.71. The number of anilines is 2. The van der Waals surface area contributed by atoms with Crippen molar-refractivity contribution in [1.82, 2.24) is 4.98 Å². The lowest BCUT2D eigenvalue weighted by Crippen LogP contribution is -2.14. The van der Waals surface area contributed by atoms with E-state index < -0.39 is 0 Å². The molecule has 1 heterocycles. The summed E-state index contributed by atoms with van der Waals surface area (Å²) in [6, 6.07) is 12.8. The normalized spacial score (nSPS) is 9.79. The second-order valence-electron chi connectivity index (χ2n) is 4.88. The van der Waals surface area contributed by atoms with E-state index >= 15 is 0 Å². The number of pyridine rings is 1. The van der Waals surface area contributed by atoms with Gasteiger partial charge < -0.3 is 11.1 Å². The van der Waals surface area contributed by atoms with E-state index in [-0.39, 0.29) is 28.6 Å². The van der Waals surface area contributed by atoms with Crippen LogP contribution in [0.2, 0.25) is 0 Å². The fraction of sp³-hybridized carbons (Fsp3) is 0.176. The third kappa shape index (κ3) is 4.25. The van der Waals surface area contributed by atoms with Gasteiger partial charge in [0.05, 0.1) is 16.9 Å². The summed E-state index contributed by atoms with van der Waals surface area (Å²) in [6.45, 7) is 2.06. The third-order valence-electron chi connectivity index (χ3n) is 3.24. The number of benzene rings is 1. The second kappa shape index (κ2) is 8.00. The van der Waals surface area contributed by atoms with Gasteiger partial charge in [-0.15, -0.1) is 0 Å². The number of nitrogens with one attached hydrogen (secondary N) is 1. The highest BCUT2D eigenvalue weighted by molar-refractivity contribution is 8.00. The molecule has 2 aromatic rings. The van der Waals surface area contributed by atoms with Gasteiger partial charge in [0.1, 0.15) is 23.0 Å². The van der Waals surface area contributed by atoms with E-state index in [2.05, 4.69) is 17.2 Å². The first-order valence-corrected chi connectivity index (χ1v) is 8.18. The van der Waals surface area contributed by atoms with Crippen molar-refractivity contribution in [3.63, 3.8) is 0 Å². The van der Waals surface area contributed by atoms with Crippen molar-refractivity contribution in [2.75, 3.05) is 16.8 Å². The molecule has 0 aliphatic rings. The smallest absolute Gasteiger partial charge is 0.234 e. The number of hydrogen-bond donors (Lipinski definition) is 2. The van der Waals surface area contributed by atoms with E-state index in [4.69, 9.17) is 16.3 Å². The van der Waals surface area contributed by atoms with Crippen molar-refractivity contribution in [2.24, 2.45) is 0 Å². The number of nitriles is 2. The molecule has 0 saturated heterocycles. The molecule has 0 saturated carbocycles. The number of nitrogen functional groups attached to an aromatic ring is 1. The summed E-state index contributed by atoms with van der Waals surface area (Å²) in [5.41, 5.74) is 7.94. The van der Waals surface area contributed by atoms with Crippen LogP contribution in [0, 0.1) is 22.7 Å². The summed E-state index contributed by atoms with van der Waals surface area (Å²) in [5, 5.41) is 21.1. The Hall–Kier alpha value is -3.03. The zero-order valence-corrected chi connectivity index (χ0v) is 13.9. The highest BCUT2D eigenvalue weighted by Crippen LogP contribution is 2.24. The molecular formula is C17H15N5OS. The second-order valence-corrected chi connectivity index (χ2v) is 5.85. The summed E-state index contributed by atoms with van der Waals surface area (Å²) in [7, 11) is 0. The maximum absolute atomic E-state index is 12.0. The summed E-state index contributed by atoms with van der Waals surface area (Å²) in [6.07, 6.45) is 0.937. The maximum Gasteiger partial charge on any atom is 0.234 e. The van der Waals surface area contributed by atoms with Crippen LogP contribution < -0.4 is 11.1 Å². The number of carbonyl (C=O) groups excluding carboxylic acids is 1. The van der Waals surface area contributed by atoms with Gasteiger partial charge in [0.15, 0.2) is 0 Å². The topological polar surface area (TPSA) is 116 Å². The first-order valence-electron chi connectivity index (χ1n) is 7.19. The number of carbonyl (C=O) groups is 1. The minimum absolute atomic E-state index is 0.0505. The number of hydrogen-bond acceptors (Lipinski definition) is 6. The van der Waals surface area contributed by atoms with Crippen molar-refractivity contribution in [3.05, 3.63) is 47.0 Å². The van der Waals surface area contributed by atoms with Crippen LogP contribution in [-0.2, 0) is 11.2 Å². The molecule has 0 bridgehead atoms. The third-order valence-corrected chi connectivity index (χ3v) is 4.24. The Labute approximate surface area is 144 Å². The number of nitrogens with two attached hydrogens (primary N) is 1. The quantitative estimate of drug-likeness (QED) is 0.810. The van der Waals surface area contributed by atoms with Crippen molar-refractivity contribution < 1.29 is 4.79 Å². The highest BCUT2D eigenvalue weighted by atomic mass is 32.2. The van der Waals surface area contributed by atoms with Gasteiger partial charge in [0, 0.05) is 5.69 Å². The number of amides is 1. The zero-order chi connectivity index (χ0) is 17.5. The van der Waals surface area contributed by atoms with Crippen molar-refractivity contribution in [3.8, 4) is 12.1 Å². The van der Waals surface area contributed by atoms with Gasteiger partial charge in [-0.2, -0.15) is 10.5 Å². The van der Waals surface area contributed by atoms with E-state index in [1.807, 2.05) is 36.4 Å². The average Bonchev–Trinajstić information content (AvgIpc) is 2.60. The Morgan fingerprint density at radius 1 is 1.25 bits per heavy atom. The Morgan fingerprint density at radius 2 is 1.92 bits per heavy atom. The minimum atomic E-state index is -0.210. The van der Waals surface area contributed by atoms with E-state index in [0.29, 0.717) is 10.7 Å². The predicted molar refractivity (Wildman–Crippen MR) is 93.3 cm³/mol. The summed E-state index contributed by atoms with van der Waals surface area (Å²) in [4.78, 5) is 16.1. The molecule has 1 aromatic heterocycles. The van der Waals surface area contributed by atoms with E-state index in [1.165, 1.54) is 11.6 Å². The Kier molecular flexibility index (Phi) is 5.78. The van der Waals surface area contributed by atoms with Crippen molar-refractivity contribution in [1.29, 1.82) is 10.5 Å². The number of rotatable bonds is 5. The fourth-order valence-electron chi connectivity index (χ4n) is 1.94. The molecule has 1 aromatic carbocycles. The molecule has 24 heavy (non-hydrogen) atoms. The van der Waals surface area contributed by atoms with Gasteiger partial charge >= 0.3 is 0 Å². The summed E-state index contributed by atoms with van der Waals surface area (Å²) >= 11 is 1.10. The highest BCUT2D eigenvalue weighted by Gasteiger charge is 2.12. The minimum Gasteiger partial charge on any atom is -0.383 e. The molecule has 0 aliphatic heterocycles. The molecule has 120 valence electrons. The molecule has 7 heteroatoms. The van der Waals surface area contributed by atoms with Crippen LogP contribution in [0.3, 0.4) is 0 Å². The van der Waals surface area contributed by atoms with Crippen LogP contribution in [0.5, 0.6) is 0 Å². The number of thioether (sulfide) groups is 1. The van der Waals surface area contributed by atoms with E-state index in [0.717, 1.165) is 18.2 Å². The molecule has 0 unspecified atom stereocenters. The molecule has 2 rings (SSSR count). The number of nitrogens with zero attached hydrogens (tertiary/aromatic N) is 3. The molecule has 0 fully saturated rings. The van der Waals surface area contributed by atoms with Crippen LogP contribution in [0.4, 0.5) is 11.5 Å². The predicted octanol–water partition coefficient (Wildman–Crippen LogP) is 2.70. The zero-order valence-electron chi connectivity index (χ0n) is 13.0. The van der Waals surface area contributed by atoms with Crippen LogP contribution in [-0.4, -0.2) is 16.6 Å². The molecular weight excluding hydrogens is 322 g/mol. The van der Waals surface area contributed by atoms with Crippen molar-refractivity contribution >= 4 is 29.2 Å². The van der Waals surface area contributed by atoms with Gasteiger partial charge in [0.2, 0.25) is 5.91 Å². The molecule has 1 amide bonds. The first kappa shape index (κ1) is 17.3. The van der Waals surface area contributed by atoms with Crippen molar-refractivity contribution in [2.45, 2.75) is 18.4 Å². The molecule has 0 spiro atoms. The average molecular weight is 337 g/mol. The van der Waals surface area contributed by atoms with E-state index in [9.17, 15) is 4.79 Å². The number of aromatic nitrogens is 1. The molecule has 0 atom stereocenters. The SMILES string of the molecule is CCc1ccc(NC(=O)CSc2nc(N)c(C#N)cc2C#N)cc1. The lowest BCUT2D eigenvalue weighted by molar-refractivity contribution is -0.113.